The molecule has 0 saturated carbocycles. The molecule has 6 rings (SSSR count). The van der Waals surface area contributed by atoms with E-state index in [1.54, 1.807) is 11.1 Å². The number of aryl methyl sites for hydroxylation is 2. The summed E-state index contributed by atoms with van der Waals surface area (Å²) in [6, 6.07) is 37.6. The van der Waals surface area contributed by atoms with Gasteiger partial charge >= 0.3 is 0 Å². The smallest absolute Gasteiger partial charge is 0.0701 e. The highest BCUT2D eigenvalue weighted by atomic mass is 14.6. The molecule has 0 N–H and O–H groups in total. The van der Waals surface area contributed by atoms with Crippen LogP contribution in [0.4, 0.5) is 0 Å². The van der Waals surface area contributed by atoms with E-state index in [1.165, 1.54) is 41.8 Å². The Morgan fingerprint density at radius 3 is 1.40 bits per heavy atom. The highest BCUT2D eigenvalue weighted by Gasteiger charge is 2.06. The number of fused-ring (bicyclic) bond motifs is 3. The number of hydrogen-bond donors (Lipinski definition) is 0. The van der Waals surface area contributed by atoms with Gasteiger partial charge < -0.3 is 0 Å². The number of para-hydroxylation sites is 1. The highest BCUT2D eigenvalue weighted by molar-refractivity contribution is 5.82. The van der Waals surface area contributed by atoms with Gasteiger partial charge in [0.15, 0.2) is 0 Å². The lowest BCUT2D eigenvalue weighted by atomic mass is 9.92. The summed E-state index contributed by atoms with van der Waals surface area (Å²) in [5.74, 6) is 0. The minimum absolute atomic E-state index is 1.06. The summed E-state index contributed by atoms with van der Waals surface area (Å²) >= 11 is 0. The van der Waals surface area contributed by atoms with Gasteiger partial charge in [-0.15, -0.1) is 0 Å². The second kappa shape index (κ2) is 10.4. The van der Waals surface area contributed by atoms with E-state index < -0.39 is 0 Å². The van der Waals surface area contributed by atoms with E-state index >= 15 is 0 Å². The SMILES string of the molecule is c1ccc2c(c1)CCCC2.c1ccc2ccccc2c1.c1ccc2ncccc2c1. The number of pyridine rings is 1. The monoisotopic (exact) mass is 389 g/mol. The lowest BCUT2D eigenvalue weighted by Gasteiger charge is -2.13. The number of rotatable bonds is 0. The summed E-state index contributed by atoms with van der Waals surface area (Å²) in [5.41, 5.74) is 4.22. The molecule has 0 spiro atoms. The number of aromatic nitrogens is 1. The zero-order valence-electron chi connectivity index (χ0n) is 17.2. The Bertz CT molecular complexity index is 982. The van der Waals surface area contributed by atoms with Crippen LogP contribution in [-0.4, -0.2) is 4.98 Å². The molecule has 30 heavy (non-hydrogen) atoms. The van der Waals surface area contributed by atoms with E-state index in [2.05, 4.69) is 89.9 Å². The first-order valence-electron chi connectivity index (χ1n) is 10.7. The van der Waals surface area contributed by atoms with Gasteiger partial charge in [-0.05, 0) is 59.7 Å². The van der Waals surface area contributed by atoms with Gasteiger partial charge in [0.25, 0.3) is 0 Å². The lowest BCUT2D eigenvalue weighted by molar-refractivity contribution is 0.685. The Morgan fingerprint density at radius 1 is 0.433 bits per heavy atom. The molecule has 0 radical (unpaired) electrons. The van der Waals surface area contributed by atoms with Crippen LogP contribution in [0.1, 0.15) is 24.0 Å². The summed E-state index contributed by atoms with van der Waals surface area (Å²) < 4.78 is 0. The van der Waals surface area contributed by atoms with E-state index in [0.29, 0.717) is 0 Å². The van der Waals surface area contributed by atoms with E-state index in [-0.39, 0.29) is 0 Å². The first-order valence-corrected chi connectivity index (χ1v) is 10.7. The van der Waals surface area contributed by atoms with Gasteiger partial charge in [-0.2, -0.15) is 0 Å². The van der Waals surface area contributed by atoms with Crippen molar-refractivity contribution in [3.05, 3.63) is 127 Å². The van der Waals surface area contributed by atoms with Gasteiger partial charge in [0.1, 0.15) is 0 Å². The molecular weight excluding hydrogens is 362 g/mol. The third-order valence-corrected chi connectivity index (χ3v) is 5.43. The van der Waals surface area contributed by atoms with Crippen molar-refractivity contribution in [2.45, 2.75) is 25.7 Å². The Balaban J connectivity index is 0.000000109. The molecule has 0 aliphatic heterocycles. The predicted octanol–water partition coefficient (Wildman–Crippen LogP) is 7.64. The molecule has 1 aliphatic carbocycles. The van der Waals surface area contributed by atoms with Crippen molar-refractivity contribution >= 4 is 21.7 Å². The molecule has 0 unspecified atom stereocenters. The minimum Gasteiger partial charge on any atom is -0.256 e. The average Bonchev–Trinajstić information content (AvgIpc) is 2.85. The molecule has 0 fully saturated rings. The van der Waals surface area contributed by atoms with Crippen molar-refractivity contribution in [1.82, 2.24) is 4.98 Å². The van der Waals surface area contributed by atoms with Crippen molar-refractivity contribution in [2.24, 2.45) is 0 Å². The second-order valence-electron chi connectivity index (χ2n) is 7.52. The summed E-state index contributed by atoms with van der Waals surface area (Å²) in [4.78, 5) is 4.18. The van der Waals surface area contributed by atoms with Crippen LogP contribution in [0, 0.1) is 0 Å². The zero-order valence-corrected chi connectivity index (χ0v) is 17.2. The van der Waals surface area contributed by atoms with E-state index in [0.717, 1.165) is 5.52 Å². The van der Waals surface area contributed by atoms with Gasteiger partial charge in [-0.1, -0.05) is 97.1 Å². The van der Waals surface area contributed by atoms with Gasteiger partial charge in [0, 0.05) is 11.6 Å². The molecule has 1 heterocycles. The summed E-state index contributed by atoms with van der Waals surface area (Å²) in [6.07, 6.45) is 7.18. The molecule has 0 bridgehead atoms. The van der Waals surface area contributed by atoms with Gasteiger partial charge in [0.05, 0.1) is 5.52 Å². The standard InChI is InChI=1S/C10H12.C10H8.C9H7N/c2*1-2-6-10-8-4-3-7-9(10)5-1;1-2-6-9-8(4-1)5-3-7-10-9/h1-2,5-6H,3-4,7-8H2;1-8H;1-7H. The van der Waals surface area contributed by atoms with Crippen LogP contribution in [0.25, 0.3) is 21.7 Å². The second-order valence-corrected chi connectivity index (χ2v) is 7.52. The molecule has 1 nitrogen and oxygen atoms in total. The quantitative estimate of drug-likeness (QED) is 0.265. The van der Waals surface area contributed by atoms with Crippen molar-refractivity contribution < 1.29 is 0 Å². The first kappa shape index (κ1) is 19.8. The van der Waals surface area contributed by atoms with E-state index in [4.69, 9.17) is 0 Å². The fourth-order valence-electron chi connectivity index (χ4n) is 3.83. The number of hydrogen-bond acceptors (Lipinski definition) is 1. The molecule has 4 aromatic carbocycles. The van der Waals surface area contributed by atoms with Crippen LogP contribution in [0.2, 0.25) is 0 Å². The maximum absolute atomic E-state index is 4.18. The van der Waals surface area contributed by atoms with Crippen LogP contribution >= 0.6 is 0 Å². The van der Waals surface area contributed by atoms with Crippen molar-refractivity contribution in [1.29, 1.82) is 0 Å². The molecule has 0 atom stereocenters. The molecule has 1 heteroatoms. The molecule has 1 aliphatic rings. The molecule has 148 valence electrons. The normalized spacial score (nSPS) is 12.1. The number of nitrogens with zero attached hydrogens (tertiary/aromatic N) is 1. The maximum atomic E-state index is 4.18. The predicted molar refractivity (Wildman–Crippen MR) is 129 cm³/mol. The maximum Gasteiger partial charge on any atom is 0.0701 e. The third kappa shape index (κ3) is 5.33. The Kier molecular flexibility index (Phi) is 6.86. The van der Waals surface area contributed by atoms with Crippen molar-refractivity contribution in [3.63, 3.8) is 0 Å². The van der Waals surface area contributed by atoms with Gasteiger partial charge in [0.2, 0.25) is 0 Å². The van der Waals surface area contributed by atoms with Gasteiger partial charge in [-0.25, -0.2) is 0 Å². The molecule has 0 amide bonds. The summed E-state index contributed by atoms with van der Waals surface area (Å²) in [7, 11) is 0. The Labute approximate surface area is 179 Å². The van der Waals surface area contributed by atoms with Crippen LogP contribution in [0.15, 0.2) is 115 Å². The average molecular weight is 390 g/mol. The minimum atomic E-state index is 1.06. The fraction of sp³-hybridized carbons (Fsp3) is 0.138. The van der Waals surface area contributed by atoms with Crippen LogP contribution < -0.4 is 0 Å². The largest absolute Gasteiger partial charge is 0.256 e. The summed E-state index contributed by atoms with van der Waals surface area (Å²) in [5, 5.41) is 3.82. The Hall–Kier alpha value is -3.45. The molecule has 0 saturated heterocycles. The topological polar surface area (TPSA) is 12.9 Å². The van der Waals surface area contributed by atoms with Crippen LogP contribution in [0.3, 0.4) is 0 Å². The molecule has 5 aromatic rings. The van der Waals surface area contributed by atoms with Crippen molar-refractivity contribution in [3.8, 4) is 0 Å². The first-order chi connectivity index (χ1) is 14.9. The zero-order chi connectivity index (χ0) is 20.4. The number of benzene rings is 4. The van der Waals surface area contributed by atoms with Crippen LogP contribution in [-0.2, 0) is 12.8 Å². The van der Waals surface area contributed by atoms with Crippen LogP contribution in [0.5, 0.6) is 0 Å². The Morgan fingerprint density at radius 2 is 0.867 bits per heavy atom. The van der Waals surface area contributed by atoms with Crippen molar-refractivity contribution in [2.75, 3.05) is 0 Å². The third-order valence-electron chi connectivity index (χ3n) is 5.43. The van der Waals surface area contributed by atoms with E-state index in [1.807, 2.05) is 30.5 Å². The van der Waals surface area contributed by atoms with Gasteiger partial charge in [-0.3, -0.25) is 4.98 Å². The lowest BCUT2D eigenvalue weighted by Crippen LogP contribution is -2.00. The fourth-order valence-corrected chi connectivity index (χ4v) is 3.83. The molecular formula is C29H27N. The summed E-state index contributed by atoms with van der Waals surface area (Å²) in [6.45, 7) is 0. The van der Waals surface area contributed by atoms with E-state index in [9.17, 15) is 0 Å². The molecule has 1 aromatic heterocycles. The highest BCUT2D eigenvalue weighted by Crippen LogP contribution is 2.19.